The zero-order valence-corrected chi connectivity index (χ0v) is 15.2. The molecule has 0 radical (unpaired) electrons. The quantitative estimate of drug-likeness (QED) is 0.421. The van der Waals surface area contributed by atoms with Crippen LogP contribution in [0.1, 0.15) is 31.1 Å². The van der Waals surface area contributed by atoms with E-state index in [2.05, 4.69) is 4.74 Å². The van der Waals surface area contributed by atoms with Gasteiger partial charge in [0.05, 0.1) is 5.56 Å². The van der Waals surface area contributed by atoms with E-state index in [4.69, 9.17) is 14.0 Å². The zero-order valence-electron chi connectivity index (χ0n) is 14.4. The summed E-state index contributed by atoms with van der Waals surface area (Å²) in [7, 11) is -6.00. The molecule has 27 heavy (non-hydrogen) atoms. The number of halogens is 2. The Morgan fingerprint density at radius 2 is 1.59 bits per heavy atom. The van der Waals surface area contributed by atoms with Crippen LogP contribution in [-0.4, -0.2) is 48.3 Å². The van der Waals surface area contributed by atoms with Gasteiger partial charge in [0.2, 0.25) is 0 Å². The average Bonchev–Trinajstić information content (AvgIpc) is 2.50. The van der Waals surface area contributed by atoms with E-state index >= 15 is 0 Å². The molecule has 0 aliphatic heterocycles. The fourth-order valence-corrected chi connectivity index (χ4v) is 1.76. The minimum Gasteiger partial charge on any atom is -0.457 e. The van der Waals surface area contributed by atoms with Crippen molar-refractivity contribution in [1.29, 1.82) is 0 Å². The molecular weight excluding hydrogens is 394 g/mol. The lowest BCUT2D eigenvalue weighted by atomic mass is 10.2. The van der Waals surface area contributed by atoms with Crippen molar-refractivity contribution in [3.8, 4) is 5.75 Å². The van der Waals surface area contributed by atoms with Gasteiger partial charge in [-0.2, -0.15) is 17.2 Å². The maximum absolute atomic E-state index is 13.1. The first-order chi connectivity index (χ1) is 12.1. The average molecular weight is 410 g/mol. The number of alkyl halides is 2. The molecule has 0 unspecified atom stereocenters. The fourth-order valence-electron chi connectivity index (χ4n) is 1.51. The van der Waals surface area contributed by atoms with E-state index in [0.717, 1.165) is 24.3 Å². The molecule has 0 aliphatic carbocycles. The van der Waals surface area contributed by atoms with Crippen molar-refractivity contribution in [2.75, 3.05) is 6.61 Å². The molecule has 0 amide bonds. The Morgan fingerprint density at radius 1 is 1.07 bits per heavy atom. The topological polar surface area (TPSA) is 133 Å². The molecule has 12 heteroatoms. The highest BCUT2D eigenvalue weighted by Crippen LogP contribution is 2.24. The third kappa shape index (κ3) is 6.57. The summed E-state index contributed by atoms with van der Waals surface area (Å²) in [4.78, 5) is 34.4. The van der Waals surface area contributed by atoms with Crippen LogP contribution in [0, 0.1) is 0 Å². The first-order valence-electron chi connectivity index (χ1n) is 7.19. The number of hydrogen-bond donors (Lipinski definition) is 1. The number of benzene rings is 1. The summed E-state index contributed by atoms with van der Waals surface area (Å²) in [5, 5.41) is -5.15. The predicted molar refractivity (Wildman–Crippen MR) is 84.7 cm³/mol. The van der Waals surface area contributed by atoms with Gasteiger partial charge >= 0.3 is 33.3 Å². The van der Waals surface area contributed by atoms with Crippen LogP contribution in [-0.2, 0) is 29.2 Å². The van der Waals surface area contributed by atoms with Gasteiger partial charge in [0.25, 0.3) is 0 Å². The van der Waals surface area contributed by atoms with E-state index in [9.17, 15) is 31.6 Å². The van der Waals surface area contributed by atoms with Gasteiger partial charge in [-0.25, -0.2) is 14.4 Å². The SMILES string of the molecule is CC(C)(C)OC(=O)COC(=O)c1ccc(OC(=O)C(F)(F)S(=O)(=O)O)cc1. The molecule has 1 rings (SSSR count). The summed E-state index contributed by atoms with van der Waals surface area (Å²) < 4.78 is 69.1. The number of hydrogen-bond acceptors (Lipinski definition) is 8. The van der Waals surface area contributed by atoms with Crippen LogP contribution in [0.2, 0.25) is 0 Å². The van der Waals surface area contributed by atoms with Crippen molar-refractivity contribution in [1.82, 2.24) is 0 Å². The number of rotatable bonds is 6. The number of carbonyl (C=O) groups is 3. The molecule has 0 saturated carbocycles. The highest BCUT2D eigenvalue weighted by Gasteiger charge is 2.54. The summed E-state index contributed by atoms with van der Waals surface area (Å²) >= 11 is 0. The molecule has 1 aromatic rings. The Bertz CT molecular complexity index is 824. The van der Waals surface area contributed by atoms with Crippen LogP contribution in [0.15, 0.2) is 24.3 Å². The van der Waals surface area contributed by atoms with Crippen LogP contribution < -0.4 is 4.74 Å². The van der Waals surface area contributed by atoms with Gasteiger partial charge < -0.3 is 14.2 Å². The molecule has 0 aromatic heterocycles. The molecule has 0 heterocycles. The van der Waals surface area contributed by atoms with Crippen molar-refractivity contribution in [3.63, 3.8) is 0 Å². The summed E-state index contributed by atoms with van der Waals surface area (Å²) in [6, 6.07) is 3.85. The molecule has 0 atom stereocenters. The molecule has 0 bridgehead atoms. The smallest absolute Gasteiger partial charge is 0.457 e. The van der Waals surface area contributed by atoms with E-state index in [1.807, 2.05) is 0 Å². The third-order valence-corrected chi connectivity index (χ3v) is 3.42. The highest BCUT2D eigenvalue weighted by molar-refractivity contribution is 7.87. The van der Waals surface area contributed by atoms with Crippen LogP contribution in [0.4, 0.5) is 8.78 Å². The second-order valence-corrected chi connectivity index (χ2v) is 7.53. The third-order valence-electron chi connectivity index (χ3n) is 2.60. The lowest BCUT2D eigenvalue weighted by Gasteiger charge is -2.19. The van der Waals surface area contributed by atoms with E-state index in [1.165, 1.54) is 0 Å². The van der Waals surface area contributed by atoms with Crippen LogP contribution >= 0.6 is 0 Å². The lowest BCUT2D eigenvalue weighted by molar-refractivity contribution is -0.158. The number of carbonyl (C=O) groups excluding carboxylic acids is 3. The molecule has 1 N–H and O–H groups in total. The molecule has 0 spiro atoms. The van der Waals surface area contributed by atoms with Crippen LogP contribution in [0.5, 0.6) is 5.75 Å². The number of ether oxygens (including phenoxy) is 3. The Morgan fingerprint density at radius 3 is 2.04 bits per heavy atom. The summed E-state index contributed by atoms with van der Waals surface area (Å²) in [5.41, 5.74) is -0.876. The van der Waals surface area contributed by atoms with Gasteiger partial charge in [0, 0.05) is 0 Å². The van der Waals surface area contributed by atoms with Crippen molar-refractivity contribution < 1.29 is 50.3 Å². The standard InChI is InChI=1S/C15H16F2O9S/c1-14(2,3)26-11(18)8-24-12(19)9-4-6-10(7-5-9)25-13(20)15(16,17)27(21,22)23/h4-7H,8H2,1-3H3,(H,21,22,23). The zero-order chi connectivity index (χ0) is 21.0. The summed E-state index contributed by atoms with van der Waals surface area (Å²) in [5.74, 6) is -4.77. The van der Waals surface area contributed by atoms with Gasteiger partial charge in [-0.3, -0.25) is 4.55 Å². The van der Waals surface area contributed by atoms with Gasteiger partial charge in [0.1, 0.15) is 11.4 Å². The molecule has 150 valence electrons. The molecule has 9 nitrogen and oxygen atoms in total. The minimum absolute atomic E-state index is 0.111. The normalized spacial score (nSPS) is 12.2. The monoisotopic (exact) mass is 410 g/mol. The summed E-state index contributed by atoms with van der Waals surface area (Å²) in [6.45, 7) is 4.21. The predicted octanol–water partition coefficient (Wildman–Crippen LogP) is 1.57. The minimum atomic E-state index is -6.00. The Labute approximate surface area is 153 Å². The van der Waals surface area contributed by atoms with E-state index < -0.39 is 51.2 Å². The highest BCUT2D eigenvalue weighted by atomic mass is 32.2. The van der Waals surface area contributed by atoms with Gasteiger partial charge in [-0.1, -0.05) is 0 Å². The molecule has 0 aliphatic rings. The largest absolute Gasteiger partial charge is 0.466 e. The molecule has 0 fully saturated rings. The van der Waals surface area contributed by atoms with Crippen molar-refractivity contribution >= 4 is 28.0 Å². The van der Waals surface area contributed by atoms with Crippen molar-refractivity contribution in [2.24, 2.45) is 0 Å². The van der Waals surface area contributed by atoms with E-state index in [-0.39, 0.29) is 5.56 Å². The maximum atomic E-state index is 13.1. The fraction of sp³-hybridized carbons (Fsp3) is 0.400. The summed E-state index contributed by atoms with van der Waals surface area (Å²) in [6.07, 6.45) is 0. The lowest BCUT2D eigenvalue weighted by Crippen LogP contribution is -2.40. The first kappa shape index (κ1) is 22.4. The van der Waals surface area contributed by atoms with Gasteiger partial charge in [-0.15, -0.1) is 0 Å². The Kier molecular flexibility index (Phi) is 6.62. The maximum Gasteiger partial charge on any atom is 0.466 e. The van der Waals surface area contributed by atoms with Crippen molar-refractivity contribution in [2.45, 2.75) is 31.6 Å². The van der Waals surface area contributed by atoms with E-state index in [1.54, 1.807) is 20.8 Å². The molecule has 1 aromatic carbocycles. The van der Waals surface area contributed by atoms with Crippen LogP contribution in [0.25, 0.3) is 0 Å². The second-order valence-electron chi connectivity index (χ2n) is 6.07. The van der Waals surface area contributed by atoms with Crippen molar-refractivity contribution in [3.05, 3.63) is 29.8 Å². The Hall–Kier alpha value is -2.60. The number of esters is 3. The van der Waals surface area contributed by atoms with Gasteiger partial charge in [0.15, 0.2) is 6.61 Å². The molecular formula is C15H16F2O9S. The Balaban J connectivity index is 2.70. The van der Waals surface area contributed by atoms with Gasteiger partial charge in [-0.05, 0) is 45.0 Å². The first-order valence-corrected chi connectivity index (χ1v) is 8.63. The second kappa shape index (κ2) is 7.96. The van der Waals surface area contributed by atoms with E-state index in [0.29, 0.717) is 0 Å². The molecule has 0 saturated heterocycles. The van der Waals surface area contributed by atoms with Crippen LogP contribution in [0.3, 0.4) is 0 Å².